The van der Waals surface area contributed by atoms with E-state index in [1.807, 2.05) is 0 Å². The van der Waals surface area contributed by atoms with E-state index in [4.69, 9.17) is 0 Å². The number of carbonyl (C=O) groups excluding carboxylic acids is 3. The van der Waals surface area contributed by atoms with Crippen LogP contribution in [0, 0.1) is 34.5 Å². The third-order valence-electron chi connectivity index (χ3n) is 9.21. The lowest BCUT2D eigenvalue weighted by Crippen LogP contribution is -2.64. The van der Waals surface area contributed by atoms with Gasteiger partial charge in [0, 0.05) is 6.04 Å². The fraction of sp³-hybridized carbons (Fsp3) is 0.870. The Morgan fingerprint density at radius 2 is 1.86 bits per heavy atom. The van der Waals surface area contributed by atoms with Crippen LogP contribution in [0.4, 0.5) is 0 Å². The van der Waals surface area contributed by atoms with Crippen LogP contribution in [0.15, 0.2) is 0 Å². The molecule has 0 aromatic heterocycles. The van der Waals surface area contributed by atoms with Crippen molar-refractivity contribution in [3.8, 4) is 0 Å². The first-order chi connectivity index (χ1) is 13.2. The van der Waals surface area contributed by atoms with Crippen LogP contribution >= 0.6 is 0 Å². The van der Waals surface area contributed by atoms with Gasteiger partial charge in [-0.1, -0.05) is 20.3 Å². The Kier molecular flexibility index (Phi) is 4.86. The first kappa shape index (κ1) is 19.9. The van der Waals surface area contributed by atoms with Crippen LogP contribution in [-0.4, -0.2) is 29.7 Å². The van der Waals surface area contributed by atoms with Crippen LogP contribution in [0.3, 0.4) is 0 Å². The van der Waals surface area contributed by atoms with Crippen molar-refractivity contribution in [2.75, 3.05) is 0 Å². The Morgan fingerprint density at radius 1 is 1.11 bits per heavy atom. The third-order valence-corrected chi connectivity index (χ3v) is 9.21. The highest BCUT2D eigenvalue weighted by atomic mass is 16.2. The normalized spacial score (nSPS) is 45.9. The summed E-state index contributed by atoms with van der Waals surface area (Å²) in [5, 5.41) is 5.97. The zero-order chi connectivity index (χ0) is 20.3. The van der Waals surface area contributed by atoms with Gasteiger partial charge in [-0.05, 0) is 87.4 Å². The number of ketones is 1. The molecule has 0 aromatic carbocycles. The summed E-state index contributed by atoms with van der Waals surface area (Å²) < 4.78 is 0. The molecule has 0 bridgehead atoms. The van der Waals surface area contributed by atoms with Crippen molar-refractivity contribution >= 4 is 17.6 Å². The molecular formula is C23H36N2O3. The number of fused-ring (bicyclic) bond motifs is 5. The zero-order valence-corrected chi connectivity index (χ0v) is 17.8. The minimum atomic E-state index is -0.682. The fourth-order valence-electron chi connectivity index (χ4n) is 7.41. The maximum absolute atomic E-state index is 12.8. The second-order valence-electron chi connectivity index (χ2n) is 10.7. The first-order valence-electron chi connectivity index (χ1n) is 11.3. The predicted octanol–water partition coefficient (Wildman–Crippen LogP) is 3.22. The molecule has 1 heterocycles. The summed E-state index contributed by atoms with van der Waals surface area (Å²) in [4.78, 5) is 37.1. The van der Waals surface area contributed by atoms with Gasteiger partial charge in [0.05, 0.1) is 6.04 Å². The van der Waals surface area contributed by atoms with Gasteiger partial charge in [-0.2, -0.15) is 0 Å². The second kappa shape index (κ2) is 6.84. The Hall–Kier alpha value is -1.39. The van der Waals surface area contributed by atoms with E-state index in [0.717, 1.165) is 18.3 Å². The minimum Gasteiger partial charge on any atom is -0.352 e. The van der Waals surface area contributed by atoms with Crippen molar-refractivity contribution in [3.05, 3.63) is 0 Å². The van der Waals surface area contributed by atoms with Crippen molar-refractivity contribution in [2.45, 2.75) is 91.1 Å². The summed E-state index contributed by atoms with van der Waals surface area (Å²) in [5.74, 6) is 0.921. The maximum Gasteiger partial charge on any atom is 0.233 e. The molecule has 8 atom stereocenters. The van der Waals surface area contributed by atoms with Gasteiger partial charge in [0.1, 0.15) is 5.92 Å². The topological polar surface area (TPSA) is 75.3 Å². The third kappa shape index (κ3) is 3.00. The number of carbonyl (C=O) groups is 3. The van der Waals surface area contributed by atoms with Crippen molar-refractivity contribution in [1.29, 1.82) is 0 Å². The standard InChI is InChI=1S/C23H36N2O3/c1-13(14(2)26)24-20(27)16-12-23(4)18-9-11-22(3)10-5-6-17(22)15(18)7-8-19(23)25-21(16)28/h13,15-19H,5-12H2,1-4H3,(H,24,27)(H,25,28)/t13?,15-,16?,17-,18+,19?,22-,23+/m0/s1. The number of rotatable bonds is 3. The first-order valence-corrected chi connectivity index (χ1v) is 11.3. The molecule has 4 aliphatic rings. The highest BCUT2D eigenvalue weighted by molar-refractivity contribution is 6.02. The summed E-state index contributed by atoms with van der Waals surface area (Å²) in [6.45, 7) is 7.97. The number of piperidine rings is 1. The summed E-state index contributed by atoms with van der Waals surface area (Å²) >= 11 is 0. The summed E-state index contributed by atoms with van der Waals surface area (Å²) in [6.07, 6.45) is 9.44. The monoisotopic (exact) mass is 388 g/mol. The minimum absolute atomic E-state index is 0.0256. The van der Waals surface area contributed by atoms with Gasteiger partial charge < -0.3 is 10.6 Å². The van der Waals surface area contributed by atoms with E-state index in [-0.39, 0.29) is 29.1 Å². The van der Waals surface area contributed by atoms with E-state index < -0.39 is 12.0 Å². The van der Waals surface area contributed by atoms with Gasteiger partial charge in [0.2, 0.25) is 11.8 Å². The highest BCUT2D eigenvalue weighted by Crippen LogP contribution is 2.64. The molecule has 5 nitrogen and oxygen atoms in total. The molecule has 5 heteroatoms. The largest absolute Gasteiger partial charge is 0.352 e. The van der Waals surface area contributed by atoms with Gasteiger partial charge in [0.25, 0.3) is 0 Å². The van der Waals surface area contributed by atoms with Crippen LogP contribution in [-0.2, 0) is 14.4 Å². The molecule has 3 aliphatic carbocycles. The SMILES string of the molecule is CC(=O)C(C)NC(=O)C1C[C@@]2(C)C(CC[C@@H]3[C@H]2CC[C@]2(C)CCC[C@@H]32)NC1=O. The van der Waals surface area contributed by atoms with Crippen LogP contribution < -0.4 is 10.6 Å². The van der Waals surface area contributed by atoms with Gasteiger partial charge in [0.15, 0.2) is 5.78 Å². The molecule has 0 spiro atoms. The molecule has 2 N–H and O–H groups in total. The molecule has 3 saturated carbocycles. The predicted molar refractivity (Wildman–Crippen MR) is 107 cm³/mol. The maximum atomic E-state index is 12.8. The average molecular weight is 389 g/mol. The van der Waals surface area contributed by atoms with Gasteiger partial charge >= 0.3 is 0 Å². The van der Waals surface area contributed by atoms with Crippen molar-refractivity contribution < 1.29 is 14.4 Å². The summed E-state index contributed by atoms with van der Waals surface area (Å²) in [5.41, 5.74) is 0.484. The van der Waals surface area contributed by atoms with E-state index in [1.165, 1.54) is 45.4 Å². The van der Waals surface area contributed by atoms with Crippen LogP contribution in [0.2, 0.25) is 0 Å². The molecule has 1 aliphatic heterocycles. The quantitative estimate of drug-likeness (QED) is 0.729. The zero-order valence-electron chi connectivity index (χ0n) is 17.8. The van der Waals surface area contributed by atoms with E-state index in [9.17, 15) is 14.4 Å². The van der Waals surface area contributed by atoms with E-state index in [2.05, 4.69) is 24.5 Å². The van der Waals surface area contributed by atoms with E-state index in [1.54, 1.807) is 6.92 Å². The lowest BCUT2D eigenvalue weighted by atomic mass is 9.47. The molecule has 0 radical (unpaired) electrons. The van der Waals surface area contributed by atoms with E-state index in [0.29, 0.717) is 17.8 Å². The molecule has 1 saturated heterocycles. The van der Waals surface area contributed by atoms with E-state index >= 15 is 0 Å². The molecule has 156 valence electrons. The lowest BCUT2D eigenvalue weighted by molar-refractivity contribution is -0.151. The second-order valence-corrected chi connectivity index (χ2v) is 10.7. The molecule has 3 unspecified atom stereocenters. The Bertz CT molecular complexity index is 691. The molecule has 4 fully saturated rings. The van der Waals surface area contributed by atoms with Crippen LogP contribution in [0.25, 0.3) is 0 Å². The fourth-order valence-corrected chi connectivity index (χ4v) is 7.41. The van der Waals surface area contributed by atoms with Crippen LogP contribution in [0.5, 0.6) is 0 Å². The molecular weight excluding hydrogens is 352 g/mol. The lowest BCUT2D eigenvalue weighted by Gasteiger charge is -2.60. The Labute approximate surface area is 168 Å². The van der Waals surface area contributed by atoms with Crippen LogP contribution in [0.1, 0.15) is 79.1 Å². The Morgan fingerprint density at radius 3 is 2.57 bits per heavy atom. The Balaban J connectivity index is 1.56. The molecule has 0 aromatic rings. The van der Waals surface area contributed by atoms with Crippen molar-refractivity contribution in [2.24, 2.45) is 34.5 Å². The number of nitrogens with one attached hydrogen (secondary N) is 2. The van der Waals surface area contributed by atoms with Gasteiger partial charge in [-0.25, -0.2) is 0 Å². The van der Waals surface area contributed by atoms with Crippen molar-refractivity contribution in [3.63, 3.8) is 0 Å². The number of amides is 2. The van der Waals surface area contributed by atoms with Gasteiger partial charge in [-0.15, -0.1) is 0 Å². The highest BCUT2D eigenvalue weighted by Gasteiger charge is 2.60. The summed E-state index contributed by atoms with van der Waals surface area (Å²) in [7, 11) is 0. The molecule has 2 amide bonds. The van der Waals surface area contributed by atoms with Crippen molar-refractivity contribution in [1.82, 2.24) is 10.6 Å². The molecule has 4 rings (SSSR count). The number of hydrogen-bond donors (Lipinski definition) is 2. The number of hydrogen-bond acceptors (Lipinski definition) is 3. The average Bonchev–Trinajstić information content (AvgIpc) is 3.03. The summed E-state index contributed by atoms with van der Waals surface area (Å²) in [6, 6.07) is -0.361. The smallest absolute Gasteiger partial charge is 0.233 e. The molecule has 28 heavy (non-hydrogen) atoms. The number of Topliss-reactive ketones (excluding diaryl/α,β-unsaturated/α-hetero) is 1. The van der Waals surface area contributed by atoms with Gasteiger partial charge in [-0.3, -0.25) is 14.4 Å².